The second kappa shape index (κ2) is 3.73. The summed E-state index contributed by atoms with van der Waals surface area (Å²) in [6.07, 6.45) is -4.68. The first-order valence-corrected chi connectivity index (χ1v) is 3.96. The number of rotatable bonds is 1. The van der Waals surface area contributed by atoms with Gasteiger partial charge in [-0.2, -0.15) is 13.2 Å². The van der Waals surface area contributed by atoms with E-state index in [1.54, 1.807) is 0 Å². The smallest absolute Gasteiger partial charge is 0.295 e. The Morgan fingerprint density at radius 3 is 2.40 bits per heavy atom. The fourth-order valence-corrected chi connectivity index (χ4v) is 1.22. The molecule has 0 aliphatic heterocycles. The largest absolute Gasteiger partial charge is 0.408 e. The summed E-state index contributed by atoms with van der Waals surface area (Å²) in [5, 5.41) is 0. The molecular weight excluding hydrogens is 207 g/mol. The van der Waals surface area contributed by atoms with Crippen molar-refractivity contribution in [3.63, 3.8) is 0 Å². The Morgan fingerprint density at radius 2 is 2.00 bits per heavy atom. The van der Waals surface area contributed by atoms with Crippen LogP contribution >= 0.6 is 0 Å². The third kappa shape index (κ3) is 2.15. The number of benzene rings is 1. The number of hydrogen-bond acceptors (Lipinski definition) is 1. The van der Waals surface area contributed by atoms with E-state index in [9.17, 15) is 18.0 Å². The van der Waals surface area contributed by atoms with Gasteiger partial charge < -0.3 is 0 Å². The number of ketones is 1. The second-order valence-electron chi connectivity index (χ2n) is 2.87. The lowest BCUT2D eigenvalue weighted by molar-refractivity contribution is -0.137. The lowest BCUT2D eigenvalue weighted by atomic mass is 10.0. The van der Waals surface area contributed by atoms with Crippen molar-refractivity contribution in [2.24, 2.45) is 0 Å². The van der Waals surface area contributed by atoms with Crippen LogP contribution in [0.5, 0.6) is 0 Å². The van der Waals surface area contributed by atoms with Crippen LogP contribution < -0.4 is 0 Å². The summed E-state index contributed by atoms with van der Waals surface area (Å²) in [4.78, 5) is 13.7. The molecule has 1 rings (SSSR count). The number of hydrogen-bond donors (Lipinski definition) is 0. The van der Waals surface area contributed by atoms with Crippen molar-refractivity contribution in [1.82, 2.24) is 0 Å². The maximum absolute atomic E-state index is 12.6. The molecule has 0 radical (unpaired) electrons. The molecule has 0 N–H and O–H groups in total. The van der Waals surface area contributed by atoms with Crippen molar-refractivity contribution in [3.05, 3.63) is 40.7 Å². The van der Waals surface area contributed by atoms with Crippen LogP contribution in [0.2, 0.25) is 0 Å². The Hall–Kier alpha value is -1.83. The fraction of sp³-hybridized carbons (Fsp3) is 0.200. The molecule has 2 nitrogen and oxygen atoms in total. The Labute approximate surface area is 84.2 Å². The van der Waals surface area contributed by atoms with Gasteiger partial charge >= 0.3 is 6.18 Å². The number of nitrogens with zero attached hydrogens (tertiary/aromatic N) is 1. The molecule has 0 aliphatic rings. The molecule has 1 aromatic carbocycles. The summed E-state index contributed by atoms with van der Waals surface area (Å²) in [5.74, 6) is -0.701. The van der Waals surface area contributed by atoms with Gasteiger partial charge in [-0.15, -0.1) is 0 Å². The summed E-state index contributed by atoms with van der Waals surface area (Å²) in [6.45, 7) is 7.66. The minimum absolute atomic E-state index is 0.462. The van der Waals surface area contributed by atoms with Gasteiger partial charge in [0.15, 0.2) is 11.5 Å². The second-order valence-corrected chi connectivity index (χ2v) is 2.87. The summed E-state index contributed by atoms with van der Waals surface area (Å²) in [5.41, 5.74) is -2.15. The molecule has 0 spiro atoms. The Kier molecular flexibility index (Phi) is 2.80. The minimum atomic E-state index is -4.68. The molecule has 0 saturated heterocycles. The predicted octanol–water partition coefficient (Wildman–Crippen LogP) is 3.46. The molecule has 0 aliphatic carbocycles. The lowest BCUT2D eigenvalue weighted by Crippen LogP contribution is -2.11. The number of Topliss-reactive ketones (excluding diaryl/α,β-unsaturated/α-hetero) is 1. The van der Waals surface area contributed by atoms with Gasteiger partial charge in [0.05, 0.1) is 12.1 Å². The van der Waals surface area contributed by atoms with Crippen LogP contribution in [-0.2, 0) is 6.18 Å². The van der Waals surface area contributed by atoms with Gasteiger partial charge in [0.2, 0.25) is 0 Å². The van der Waals surface area contributed by atoms with Crippen molar-refractivity contribution >= 4 is 11.5 Å². The molecule has 0 saturated carbocycles. The monoisotopic (exact) mass is 213 g/mol. The van der Waals surface area contributed by atoms with Gasteiger partial charge in [0, 0.05) is 5.56 Å². The summed E-state index contributed by atoms with van der Waals surface area (Å²) in [6, 6.07) is 3.38. The van der Waals surface area contributed by atoms with Crippen LogP contribution in [0.15, 0.2) is 18.2 Å². The number of halogens is 3. The van der Waals surface area contributed by atoms with E-state index >= 15 is 0 Å². The third-order valence-corrected chi connectivity index (χ3v) is 1.83. The minimum Gasteiger partial charge on any atom is -0.295 e. The van der Waals surface area contributed by atoms with Crippen LogP contribution in [0.4, 0.5) is 18.9 Å². The third-order valence-electron chi connectivity index (χ3n) is 1.83. The topological polar surface area (TPSA) is 21.4 Å². The van der Waals surface area contributed by atoms with E-state index in [2.05, 4.69) is 4.85 Å². The van der Waals surface area contributed by atoms with E-state index < -0.39 is 28.8 Å². The first-order chi connectivity index (χ1) is 6.88. The van der Waals surface area contributed by atoms with Gasteiger partial charge in [-0.3, -0.25) is 4.79 Å². The maximum atomic E-state index is 12.6. The van der Waals surface area contributed by atoms with E-state index in [4.69, 9.17) is 6.57 Å². The lowest BCUT2D eigenvalue weighted by Gasteiger charge is -2.12. The zero-order valence-corrected chi connectivity index (χ0v) is 7.72. The number of carbonyl (C=O) groups is 1. The fourth-order valence-electron chi connectivity index (χ4n) is 1.22. The summed E-state index contributed by atoms with van der Waals surface area (Å²) < 4.78 is 37.7. The van der Waals surface area contributed by atoms with E-state index in [-0.39, 0.29) is 0 Å². The molecule has 0 atom stereocenters. The molecule has 1 aromatic rings. The molecule has 0 fully saturated rings. The number of alkyl halides is 3. The van der Waals surface area contributed by atoms with Gasteiger partial charge in [0.1, 0.15) is 0 Å². The highest BCUT2D eigenvalue weighted by atomic mass is 19.4. The highest BCUT2D eigenvalue weighted by Crippen LogP contribution is 2.38. The Balaban J connectivity index is 3.57. The Bertz CT molecular complexity index is 443. The van der Waals surface area contributed by atoms with Crippen molar-refractivity contribution < 1.29 is 18.0 Å². The van der Waals surface area contributed by atoms with Crippen molar-refractivity contribution in [1.29, 1.82) is 0 Å². The van der Waals surface area contributed by atoms with Gasteiger partial charge in [0.25, 0.3) is 0 Å². The Morgan fingerprint density at radius 1 is 1.40 bits per heavy atom. The van der Waals surface area contributed by atoms with E-state index in [0.29, 0.717) is 0 Å². The quantitative estimate of drug-likeness (QED) is 0.517. The average molecular weight is 213 g/mol. The van der Waals surface area contributed by atoms with E-state index in [1.807, 2.05) is 0 Å². The predicted molar refractivity (Wildman–Crippen MR) is 47.7 cm³/mol. The SMILES string of the molecule is [C-]#[N+]c1cccc(C(C)=O)c1C(F)(F)F. The van der Waals surface area contributed by atoms with Crippen LogP contribution in [-0.4, -0.2) is 5.78 Å². The zero-order chi connectivity index (χ0) is 11.6. The van der Waals surface area contributed by atoms with Crippen molar-refractivity contribution in [2.75, 3.05) is 0 Å². The van der Waals surface area contributed by atoms with Gasteiger partial charge in [-0.1, -0.05) is 18.2 Å². The molecule has 0 aromatic heterocycles. The standard InChI is InChI=1S/C10H6F3NO/c1-6(15)7-4-3-5-8(14-2)9(7)10(11,12)13/h3-5H,1H3. The van der Waals surface area contributed by atoms with E-state index in [1.165, 1.54) is 6.07 Å². The summed E-state index contributed by atoms with van der Waals surface area (Å²) >= 11 is 0. The molecular formula is C10H6F3NO. The first-order valence-electron chi connectivity index (χ1n) is 3.96. The molecule has 5 heteroatoms. The summed E-state index contributed by atoms with van der Waals surface area (Å²) in [7, 11) is 0. The van der Waals surface area contributed by atoms with Crippen LogP contribution in [0, 0.1) is 6.57 Å². The average Bonchev–Trinajstić information content (AvgIpc) is 2.15. The first kappa shape index (κ1) is 11.2. The highest BCUT2D eigenvalue weighted by Gasteiger charge is 2.36. The molecule has 78 valence electrons. The van der Waals surface area contributed by atoms with Crippen LogP contribution in [0.25, 0.3) is 4.85 Å². The molecule has 0 unspecified atom stereocenters. The molecule has 15 heavy (non-hydrogen) atoms. The van der Waals surface area contributed by atoms with Crippen LogP contribution in [0.1, 0.15) is 22.8 Å². The number of carbonyl (C=O) groups excluding carboxylic acids is 1. The normalized spacial score (nSPS) is 10.9. The molecule has 0 bridgehead atoms. The zero-order valence-electron chi connectivity index (χ0n) is 7.72. The van der Waals surface area contributed by atoms with E-state index in [0.717, 1.165) is 19.1 Å². The molecule has 0 amide bonds. The van der Waals surface area contributed by atoms with Gasteiger partial charge in [-0.05, 0) is 6.92 Å². The molecule has 0 heterocycles. The maximum Gasteiger partial charge on any atom is 0.408 e. The van der Waals surface area contributed by atoms with Crippen molar-refractivity contribution in [2.45, 2.75) is 13.1 Å². The highest BCUT2D eigenvalue weighted by molar-refractivity contribution is 5.97. The van der Waals surface area contributed by atoms with Gasteiger partial charge in [-0.25, -0.2) is 4.85 Å². The van der Waals surface area contributed by atoms with Crippen molar-refractivity contribution in [3.8, 4) is 0 Å². The van der Waals surface area contributed by atoms with Crippen LogP contribution in [0.3, 0.4) is 0 Å².